The van der Waals surface area contributed by atoms with E-state index in [1.165, 1.54) is 5.56 Å². The first-order chi connectivity index (χ1) is 10.6. The lowest BCUT2D eigenvalue weighted by molar-refractivity contribution is 0.990. The minimum absolute atomic E-state index is 0.644. The molecule has 0 saturated carbocycles. The van der Waals surface area contributed by atoms with Crippen LogP contribution in [0.1, 0.15) is 5.56 Å². The summed E-state index contributed by atoms with van der Waals surface area (Å²) in [4.78, 5) is 0. The molecule has 6 heteroatoms. The molecule has 0 aliphatic carbocycles. The van der Waals surface area contributed by atoms with Crippen molar-refractivity contribution in [3.63, 3.8) is 0 Å². The summed E-state index contributed by atoms with van der Waals surface area (Å²) in [6, 6.07) is 15.9. The van der Waals surface area contributed by atoms with Crippen molar-refractivity contribution in [3.05, 3.63) is 63.6 Å². The standard InChI is InChI=1S/C16H16BrClN2S2/c17-13-4-6-15(7-5-13)20-16(21)19-8-9-22-11-12-2-1-3-14(18)10-12/h1-7,10H,8-9,11H2,(H2,19,20,21). The number of halogens is 2. The van der Waals surface area contributed by atoms with E-state index >= 15 is 0 Å². The van der Waals surface area contributed by atoms with Crippen LogP contribution in [0.2, 0.25) is 5.02 Å². The van der Waals surface area contributed by atoms with Crippen molar-refractivity contribution in [2.45, 2.75) is 5.75 Å². The minimum Gasteiger partial charge on any atom is -0.362 e. The van der Waals surface area contributed by atoms with Crippen LogP contribution in [0.5, 0.6) is 0 Å². The summed E-state index contributed by atoms with van der Waals surface area (Å²) in [6.07, 6.45) is 0. The van der Waals surface area contributed by atoms with Crippen molar-refractivity contribution in [3.8, 4) is 0 Å². The van der Waals surface area contributed by atoms with Gasteiger partial charge in [-0.2, -0.15) is 11.8 Å². The molecule has 2 nitrogen and oxygen atoms in total. The van der Waals surface area contributed by atoms with Gasteiger partial charge in [-0.15, -0.1) is 0 Å². The molecule has 2 aromatic carbocycles. The summed E-state index contributed by atoms with van der Waals surface area (Å²) in [5, 5.41) is 7.80. The molecule has 0 aromatic heterocycles. The number of thioether (sulfide) groups is 1. The van der Waals surface area contributed by atoms with Gasteiger partial charge >= 0.3 is 0 Å². The van der Waals surface area contributed by atoms with Gasteiger partial charge in [0, 0.05) is 33.2 Å². The molecule has 0 unspecified atom stereocenters. The Morgan fingerprint density at radius 2 is 1.95 bits per heavy atom. The maximum Gasteiger partial charge on any atom is 0.170 e. The van der Waals surface area contributed by atoms with E-state index in [-0.39, 0.29) is 0 Å². The Morgan fingerprint density at radius 1 is 1.18 bits per heavy atom. The maximum absolute atomic E-state index is 5.96. The lowest BCUT2D eigenvalue weighted by Gasteiger charge is -2.10. The van der Waals surface area contributed by atoms with Gasteiger partial charge in [0.05, 0.1) is 0 Å². The Labute approximate surface area is 154 Å². The van der Waals surface area contributed by atoms with Crippen LogP contribution in [0.15, 0.2) is 53.0 Å². The summed E-state index contributed by atoms with van der Waals surface area (Å²) in [6.45, 7) is 0.827. The number of hydrogen-bond acceptors (Lipinski definition) is 2. The second kappa shape index (κ2) is 9.40. The van der Waals surface area contributed by atoms with Gasteiger partial charge in [0.1, 0.15) is 0 Å². The van der Waals surface area contributed by atoms with Crippen LogP contribution < -0.4 is 10.6 Å². The van der Waals surface area contributed by atoms with Crippen molar-refractivity contribution in [2.75, 3.05) is 17.6 Å². The van der Waals surface area contributed by atoms with Crippen LogP contribution >= 0.6 is 51.5 Å². The van der Waals surface area contributed by atoms with Crippen LogP contribution in [-0.4, -0.2) is 17.4 Å². The molecule has 0 spiro atoms. The molecule has 0 amide bonds. The van der Waals surface area contributed by atoms with E-state index in [1.807, 2.05) is 54.2 Å². The average molecular weight is 416 g/mol. The molecule has 2 rings (SSSR count). The largest absolute Gasteiger partial charge is 0.362 e. The number of benzene rings is 2. The maximum atomic E-state index is 5.96. The van der Waals surface area contributed by atoms with Gasteiger partial charge in [-0.1, -0.05) is 39.7 Å². The van der Waals surface area contributed by atoms with Crippen LogP contribution in [-0.2, 0) is 5.75 Å². The number of rotatable bonds is 6. The third-order valence-corrected chi connectivity index (χ3v) is 4.83. The second-order valence-electron chi connectivity index (χ2n) is 4.57. The van der Waals surface area contributed by atoms with E-state index in [1.54, 1.807) is 0 Å². The van der Waals surface area contributed by atoms with E-state index in [0.717, 1.165) is 33.2 Å². The topological polar surface area (TPSA) is 24.1 Å². The van der Waals surface area contributed by atoms with Crippen molar-refractivity contribution >= 4 is 62.3 Å². The number of thiocarbonyl (C=S) groups is 1. The molecule has 0 fully saturated rings. The Hall–Kier alpha value is -0.750. The lowest BCUT2D eigenvalue weighted by Crippen LogP contribution is -2.30. The molecule has 0 saturated heterocycles. The zero-order valence-electron chi connectivity index (χ0n) is 11.8. The first kappa shape index (κ1) is 17.6. The fraction of sp³-hybridized carbons (Fsp3) is 0.188. The van der Waals surface area contributed by atoms with Crippen molar-refractivity contribution in [1.82, 2.24) is 5.32 Å². The second-order valence-corrected chi connectivity index (χ2v) is 7.44. The van der Waals surface area contributed by atoms with Gasteiger partial charge in [-0.05, 0) is 54.2 Å². The fourth-order valence-electron chi connectivity index (χ4n) is 1.76. The minimum atomic E-state index is 0.644. The predicted molar refractivity (Wildman–Crippen MR) is 106 cm³/mol. The van der Waals surface area contributed by atoms with E-state index in [9.17, 15) is 0 Å². The molecule has 2 aromatic rings. The van der Waals surface area contributed by atoms with Gasteiger partial charge in [0.25, 0.3) is 0 Å². The van der Waals surface area contributed by atoms with Gasteiger partial charge < -0.3 is 10.6 Å². The number of anilines is 1. The molecule has 0 atom stereocenters. The van der Waals surface area contributed by atoms with Gasteiger partial charge in [0.2, 0.25) is 0 Å². The van der Waals surface area contributed by atoms with E-state index in [0.29, 0.717) is 5.11 Å². The summed E-state index contributed by atoms with van der Waals surface area (Å²) >= 11 is 16.5. The van der Waals surface area contributed by atoms with Crippen molar-refractivity contribution < 1.29 is 0 Å². The van der Waals surface area contributed by atoms with Gasteiger partial charge in [0.15, 0.2) is 5.11 Å². The number of hydrogen-bond donors (Lipinski definition) is 2. The summed E-state index contributed by atoms with van der Waals surface area (Å²) in [5.74, 6) is 1.93. The molecular formula is C16H16BrClN2S2. The van der Waals surface area contributed by atoms with Crippen LogP contribution in [0.3, 0.4) is 0 Å². The van der Waals surface area contributed by atoms with Crippen LogP contribution in [0.4, 0.5) is 5.69 Å². The quantitative estimate of drug-likeness (QED) is 0.492. The van der Waals surface area contributed by atoms with Crippen LogP contribution in [0.25, 0.3) is 0 Å². The average Bonchev–Trinajstić information content (AvgIpc) is 2.49. The highest BCUT2D eigenvalue weighted by atomic mass is 79.9. The summed E-state index contributed by atoms with van der Waals surface area (Å²) in [7, 11) is 0. The van der Waals surface area contributed by atoms with Gasteiger partial charge in [-0.3, -0.25) is 0 Å². The molecule has 0 aliphatic rings. The van der Waals surface area contributed by atoms with E-state index in [4.69, 9.17) is 23.8 Å². The zero-order chi connectivity index (χ0) is 15.8. The first-order valence-electron chi connectivity index (χ1n) is 6.76. The zero-order valence-corrected chi connectivity index (χ0v) is 15.8. The monoisotopic (exact) mass is 414 g/mol. The first-order valence-corrected chi connectivity index (χ1v) is 9.49. The molecule has 0 aliphatic heterocycles. The highest BCUT2D eigenvalue weighted by Gasteiger charge is 1.98. The summed E-state index contributed by atoms with van der Waals surface area (Å²) in [5.41, 5.74) is 2.22. The Bertz CT molecular complexity index is 620. The molecule has 116 valence electrons. The molecular weight excluding hydrogens is 400 g/mol. The van der Waals surface area contributed by atoms with Crippen molar-refractivity contribution in [1.29, 1.82) is 0 Å². The highest BCUT2D eigenvalue weighted by molar-refractivity contribution is 9.10. The van der Waals surface area contributed by atoms with Gasteiger partial charge in [-0.25, -0.2) is 0 Å². The predicted octanol–water partition coefficient (Wildman–Crippen LogP) is 5.32. The third kappa shape index (κ3) is 6.57. The van der Waals surface area contributed by atoms with Crippen LogP contribution in [0, 0.1) is 0 Å². The van der Waals surface area contributed by atoms with Crippen molar-refractivity contribution in [2.24, 2.45) is 0 Å². The molecule has 22 heavy (non-hydrogen) atoms. The lowest BCUT2D eigenvalue weighted by atomic mass is 10.2. The molecule has 2 N–H and O–H groups in total. The SMILES string of the molecule is S=C(NCCSCc1cccc(Cl)c1)Nc1ccc(Br)cc1. The normalized spacial score (nSPS) is 10.3. The summed E-state index contributed by atoms with van der Waals surface area (Å²) < 4.78 is 1.05. The molecule has 0 heterocycles. The smallest absolute Gasteiger partial charge is 0.170 e. The van der Waals surface area contributed by atoms with E-state index < -0.39 is 0 Å². The molecule has 0 radical (unpaired) electrons. The highest BCUT2D eigenvalue weighted by Crippen LogP contribution is 2.16. The third-order valence-electron chi connectivity index (χ3n) is 2.79. The fourth-order valence-corrected chi connectivity index (χ4v) is 3.27. The Morgan fingerprint density at radius 3 is 2.68 bits per heavy atom. The number of nitrogens with one attached hydrogen (secondary N) is 2. The Balaban J connectivity index is 1.62. The molecule has 0 bridgehead atoms. The van der Waals surface area contributed by atoms with E-state index in [2.05, 4.69) is 32.6 Å². The Kier molecular flexibility index (Phi) is 7.52.